The van der Waals surface area contributed by atoms with E-state index in [1.165, 1.54) is 70.6 Å². The number of hydrogen-bond donors (Lipinski definition) is 0. The van der Waals surface area contributed by atoms with Crippen LogP contribution in [0, 0.1) is 6.92 Å². The van der Waals surface area contributed by atoms with Crippen LogP contribution < -0.4 is 0 Å². The summed E-state index contributed by atoms with van der Waals surface area (Å²) in [6.07, 6.45) is 16.9. The molecule has 1 radical (unpaired) electrons. The molecular formula is C14H29OZn. The normalized spacial score (nSPS) is 9.75. The topological polar surface area (TPSA) is 17.1 Å². The van der Waals surface area contributed by atoms with Crippen molar-refractivity contribution in [2.45, 2.75) is 84.0 Å². The molecule has 0 aromatic heterocycles. The number of hydrogen-bond acceptors (Lipinski definition) is 1. The second kappa shape index (κ2) is 20.8. The summed E-state index contributed by atoms with van der Waals surface area (Å²) in [6, 6.07) is 0. The van der Waals surface area contributed by atoms with E-state index in [2.05, 4.69) is 13.8 Å². The van der Waals surface area contributed by atoms with Crippen molar-refractivity contribution >= 4 is 0 Å². The van der Waals surface area contributed by atoms with Gasteiger partial charge in [-0.25, -0.2) is 0 Å². The van der Waals surface area contributed by atoms with Gasteiger partial charge in [0, 0.05) is 0 Å². The van der Waals surface area contributed by atoms with Crippen molar-refractivity contribution in [1.82, 2.24) is 0 Å². The fraction of sp³-hybridized carbons (Fsp3) is 0.929. The third-order valence-electron chi connectivity index (χ3n) is 2.85. The SMILES string of the molecule is [CH2]CCCCCCCCCCCCC.[O]=[Zn]. The quantitative estimate of drug-likeness (QED) is 0.365. The number of unbranched alkanes of at least 4 members (excludes halogenated alkanes) is 11. The van der Waals surface area contributed by atoms with Gasteiger partial charge in [0.2, 0.25) is 0 Å². The molecule has 0 spiro atoms. The van der Waals surface area contributed by atoms with Crippen molar-refractivity contribution < 1.29 is 21.8 Å². The van der Waals surface area contributed by atoms with E-state index >= 15 is 0 Å². The van der Waals surface area contributed by atoms with Gasteiger partial charge in [-0.3, -0.25) is 0 Å². The zero-order chi connectivity index (χ0) is 12.5. The van der Waals surface area contributed by atoms with Crippen LogP contribution in [0.4, 0.5) is 0 Å². The van der Waals surface area contributed by atoms with Crippen molar-refractivity contribution in [3.63, 3.8) is 0 Å². The van der Waals surface area contributed by atoms with Gasteiger partial charge in [0.15, 0.2) is 0 Å². The summed E-state index contributed by atoms with van der Waals surface area (Å²) in [7, 11) is 0. The standard InChI is InChI=1S/C14H29.O.Zn/c1-3-5-7-9-11-13-14-12-10-8-6-4-2;;/h1,3-14H2,2H3;;. The van der Waals surface area contributed by atoms with Crippen LogP contribution in [0.15, 0.2) is 0 Å². The predicted molar refractivity (Wildman–Crippen MR) is 67.1 cm³/mol. The van der Waals surface area contributed by atoms with E-state index in [0.29, 0.717) is 0 Å². The molecule has 0 aromatic rings. The first-order valence-corrected chi connectivity index (χ1v) is 8.21. The minimum atomic E-state index is 0.125. The second-order valence-electron chi connectivity index (χ2n) is 4.39. The monoisotopic (exact) mass is 277 g/mol. The van der Waals surface area contributed by atoms with Crippen molar-refractivity contribution in [2.24, 2.45) is 0 Å². The van der Waals surface area contributed by atoms with E-state index in [4.69, 9.17) is 3.57 Å². The van der Waals surface area contributed by atoms with Crippen molar-refractivity contribution in [1.29, 1.82) is 0 Å². The van der Waals surface area contributed by atoms with Crippen LogP contribution >= 0.6 is 0 Å². The number of rotatable bonds is 11. The average molecular weight is 279 g/mol. The molecular weight excluding hydrogens is 250 g/mol. The molecule has 1 nitrogen and oxygen atoms in total. The van der Waals surface area contributed by atoms with Crippen LogP contribution in [0.25, 0.3) is 0 Å². The predicted octanol–water partition coefficient (Wildman–Crippen LogP) is 5.40. The molecule has 0 saturated heterocycles. The minimum absolute atomic E-state index is 0.125. The Morgan fingerprint density at radius 1 is 0.688 bits per heavy atom. The van der Waals surface area contributed by atoms with Gasteiger partial charge in [0.25, 0.3) is 0 Å². The molecule has 0 amide bonds. The third kappa shape index (κ3) is 19.9. The van der Waals surface area contributed by atoms with Gasteiger partial charge in [-0.1, -0.05) is 90.9 Å². The molecule has 0 fully saturated rings. The molecule has 0 rings (SSSR count). The Morgan fingerprint density at radius 3 is 1.31 bits per heavy atom. The van der Waals surface area contributed by atoms with Gasteiger partial charge in [-0.15, -0.1) is 0 Å². The van der Waals surface area contributed by atoms with Crippen LogP contribution in [0.1, 0.15) is 84.0 Å². The maximum atomic E-state index is 8.38. The summed E-state index contributed by atoms with van der Waals surface area (Å²) in [6.45, 7) is 6.14. The van der Waals surface area contributed by atoms with E-state index in [9.17, 15) is 0 Å². The molecule has 0 aromatic carbocycles. The molecule has 0 atom stereocenters. The molecule has 0 heterocycles. The second-order valence-corrected chi connectivity index (χ2v) is 4.39. The van der Waals surface area contributed by atoms with Crippen molar-refractivity contribution in [2.75, 3.05) is 0 Å². The van der Waals surface area contributed by atoms with Gasteiger partial charge in [-0.05, 0) is 0 Å². The summed E-state index contributed by atoms with van der Waals surface area (Å²) in [5, 5.41) is 0. The molecule has 0 N–H and O–H groups in total. The molecule has 93 valence electrons. The first kappa shape index (κ1) is 18.8. The summed E-state index contributed by atoms with van der Waals surface area (Å²) >= 11 is 0.125. The van der Waals surface area contributed by atoms with Gasteiger partial charge in [-0.2, -0.15) is 0 Å². The summed E-state index contributed by atoms with van der Waals surface area (Å²) in [5.41, 5.74) is 0. The molecule has 0 unspecified atom stereocenters. The van der Waals surface area contributed by atoms with Gasteiger partial charge in [0.1, 0.15) is 0 Å². The fourth-order valence-electron chi connectivity index (χ4n) is 1.84. The van der Waals surface area contributed by atoms with Crippen LogP contribution in [-0.2, 0) is 21.8 Å². The van der Waals surface area contributed by atoms with E-state index in [1.807, 2.05) is 0 Å². The molecule has 0 aliphatic rings. The summed E-state index contributed by atoms with van der Waals surface area (Å²) < 4.78 is 8.38. The molecule has 0 aliphatic carbocycles. The van der Waals surface area contributed by atoms with Crippen LogP contribution in [0.3, 0.4) is 0 Å². The van der Waals surface area contributed by atoms with Crippen LogP contribution in [0.5, 0.6) is 0 Å². The van der Waals surface area contributed by atoms with Crippen LogP contribution in [0.2, 0.25) is 0 Å². The van der Waals surface area contributed by atoms with Crippen molar-refractivity contribution in [3.05, 3.63) is 6.92 Å². The van der Waals surface area contributed by atoms with E-state index in [1.54, 1.807) is 0 Å². The van der Waals surface area contributed by atoms with E-state index in [0.717, 1.165) is 6.42 Å². The molecule has 0 aliphatic heterocycles. The Morgan fingerprint density at radius 2 is 1.00 bits per heavy atom. The van der Waals surface area contributed by atoms with Gasteiger partial charge < -0.3 is 0 Å². The zero-order valence-corrected chi connectivity index (χ0v) is 14.3. The van der Waals surface area contributed by atoms with E-state index in [-0.39, 0.29) is 18.3 Å². The molecule has 2 heteroatoms. The Labute approximate surface area is 113 Å². The van der Waals surface area contributed by atoms with Crippen molar-refractivity contribution in [3.8, 4) is 0 Å². The Kier molecular flexibility index (Phi) is 24.4. The summed E-state index contributed by atoms with van der Waals surface area (Å²) in [4.78, 5) is 0. The Balaban J connectivity index is 0. The maximum absolute atomic E-state index is 8.38. The molecule has 16 heavy (non-hydrogen) atoms. The molecule has 0 bridgehead atoms. The van der Waals surface area contributed by atoms with Gasteiger partial charge in [0.05, 0.1) is 0 Å². The first-order chi connectivity index (χ1) is 7.91. The molecule has 0 saturated carbocycles. The zero-order valence-electron chi connectivity index (χ0n) is 11.3. The van der Waals surface area contributed by atoms with Gasteiger partial charge >= 0.3 is 21.8 Å². The third-order valence-corrected chi connectivity index (χ3v) is 2.85. The Bertz CT molecular complexity index is 94.9. The average Bonchev–Trinajstić information content (AvgIpc) is 2.34. The summed E-state index contributed by atoms with van der Waals surface area (Å²) in [5.74, 6) is 0. The van der Waals surface area contributed by atoms with Crippen LogP contribution in [-0.4, -0.2) is 0 Å². The van der Waals surface area contributed by atoms with E-state index < -0.39 is 0 Å². The first-order valence-electron chi connectivity index (χ1n) is 7.00. The fourth-order valence-corrected chi connectivity index (χ4v) is 1.84. The Hall–Kier alpha value is 0.423.